The molecule has 0 saturated heterocycles. The maximum Gasteiger partial charge on any atom is 0.425 e. The van der Waals surface area contributed by atoms with Gasteiger partial charge < -0.3 is 14.8 Å². The molecule has 2 atom stereocenters. The van der Waals surface area contributed by atoms with Crippen LogP contribution in [0, 0.1) is 11.6 Å². The average Bonchev–Trinajstić information content (AvgIpc) is 2.61. The van der Waals surface area contributed by atoms with E-state index in [0.717, 1.165) is 37.5 Å². The zero-order chi connectivity index (χ0) is 23.0. The second-order valence-corrected chi connectivity index (χ2v) is 8.96. The Labute approximate surface area is 174 Å². The van der Waals surface area contributed by atoms with Crippen LogP contribution in [0.15, 0.2) is 36.7 Å². The van der Waals surface area contributed by atoms with E-state index in [4.69, 9.17) is 4.74 Å². The summed E-state index contributed by atoms with van der Waals surface area (Å²) in [6, 6.07) is 5.39. The summed E-state index contributed by atoms with van der Waals surface area (Å²) in [5.41, 5.74) is 0.229. The Morgan fingerprint density at radius 3 is 2.52 bits per heavy atom. The Morgan fingerprint density at radius 1 is 1.16 bits per heavy atom. The zero-order valence-corrected chi connectivity index (χ0v) is 17.1. The lowest BCUT2D eigenvalue weighted by Crippen LogP contribution is -2.31. The second-order valence-electron chi connectivity index (χ2n) is 6.75. The van der Waals surface area contributed by atoms with Crippen LogP contribution in [0.3, 0.4) is 0 Å². The number of fused-ring (bicyclic) bond motifs is 1. The number of anilines is 3. The number of rotatable bonds is 6. The number of alkyl halides is 3. The minimum absolute atomic E-state index is 0.0616. The van der Waals surface area contributed by atoms with Gasteiger partial charge in [0.25, 0.3) is 0 Å². The molecular formula is C19H17F5N4O2S. The Bertz CT molecular complexity index is 1230. The zero-order valence-electron chi connectivity index (χ0n) is 16.3. The molecule has 0 spiro atoms. The molecule has 0 amide bonds. The number of aromatic nitrogens is 2. The quantitative estimate of drug-likeness (QED) is 0.414. The molecule has 0 aliphatic heterocycles. The van der Waals surface area contributed by atoms with Gasteiger partial charge in [0, 0.05) is 22.0 Å². The van der Waals surface area contributed by atoms with E-state index < -0.39 is 39.4 Å². The third-order valence-corrected chi connectivity index (χ3v) is 4.65. The Kier molecular flexibility index (Phi) is 5.94. The van der Waals surface area contributed by atoms with Crippen LogP contribution in [0.2, 0.25) is 0 Å². The van der Waals surface area contributed by atoms with Crippen LogP contribution in [-0.2, 0) is 9.71 Å². The summed E-state index contributed by atoms with van der Waals surface area (Å²) >= 11 is 0. The highest BCUT2D eigenvalue weighted by molar-refractivity contribution is 8.00. The number of benzene rings is 2. The summed E-state index contributed by atoms with van der Waals surface area (Å²) in [6.07, 6.45) is -4.45. The van der Waals surface area contributed by atoms with Crippen LogP contribution in [0.5, 0.6) is 5.75 Å². The summed E-state index contributed by atoms with van der Waals surface area (Å²) in [5.74, 6) is 1.30. The van der Waals surface area contributed by atoms with Gasteiger partial charge in [0.05, 0.1) is 22.3 Å². The molecule has 0 aliphatic rings. The van der Waals surface area contributed by atoms with E-state index in [1.807, 2.05) is 0 Å². The molecule has 3 rings (SSSR count). The molecular weight excluding hydrogens is 443 g/mol. The predicted octanol–water partition coefficient (Wildman–Crippen LogP) is 4.65. The van der Waals surface area contributed by atoms with Gasteiger partial charge in [0.15, 0.2) is 6.10 Å². The van der Waals surface area contributed by atoms with Gasteiger partial charge in [-0.2, -0.15) is 13.2 Å². The Balaban J connectivity index is 2.02. The van der Waals surface area contributed by atoms with Crippen molar-refractivity contribution in [2.75, 3.05) is 16.3 Å². The highest BCUT2D eigenvalue weighted by Crippen LogP contribution is 2.35. The van der Waals surface area contributed by atoms with Crippen molar-refractivity contribution in [3.8, 4) is 5.75 Å². The number of ether oxygens (including phenoxy) is 1. The highest BCUT2D eigenvalue weighted by Gasteiger charge is 2.38. The van der Waals surface area contributed by atoms with Crippen LogP contribution < -0.4 is 14.8 Å². The molecule has 0 radical (unpaired) electrons. The first-order chi connectivity index (χ1) is 14.3. The predicted molar refractivity (Wildman–Crippen MR) is 110 cm³/mol. The molecule has 31 heavy (non-hydrogen) atoms. The third-order valence-electron chi connectivity index (χ3n) is 3.99. The lowest BCUT2D eigenvalue weighted by Gasteiger charge is -2.20. The standard InChI is InChI=1S/C19H17F5N4O2S/c1-10(19(22,23)24)30-16-6-11(20)4-5-14(16)27-18-17-13(21)7-12(28-31(2,3)29)8-15(17)25-9-26-18/h4-10H,2H2,1,3H3,(H,28,29)(H,25,26,27). The lowest BCUT2D eigenvalue weighted by molar-refractivity contribution is -0.189. The monoisotopic (exact) mass is 460 g/mol. The summed E-state index contributed by atoms with van der Waals surface area (Å²) < 4.78 is 86.3. The first kappa shape index (κ1) is 22.5. The van der Waals surface area contributed by atoms with Crippen molar-refractivity contribution < 1.29 is 30.9 Å². The molecule has 0 aliphatic carbocycles. The van der Waals surface area contributed by atoms with E-state index in [1.54, 1.807) is 0 Å². The average molecular weight is 460 g/mol. The van der Waals surface area contributed by atoms with Crippen LogP contribution in [-0.4, -0.2) is 38.6 Å². The topological polar surface area (TPSA) is 76.1 Å². The van der Waals surface area contributed by atoms with Crippen LogP contribution in [0.4, 0.5) is 39.1 Å². The number of nitrogens with one attached hydrogen (secondary N) is 2. The normalized spacial score (nSPS) is 14.7. The van der Waals surface area contributed by atoms with Crippen molar-refractivity contribution in [1.82, 2.24) is 9.97 Å². The number of hydrogen-bond acceptors (Lipinski definition) is 5. The lowest BCUT2D eigenvalue weighted by atomic mass is 10.2. The molecule has 1 aromatic heterocycles. The van der Waals surface area contributed by atoms with Crippen molar-refractivity contribution in [2.45, 2.75) is 19.2 Å². The highest BCUT2D eigenvalue weighted by atomic mass is 32.2. The Hall–Kier alpha value is -3.15. The molecule has 6 nitrogen and oxygen atoms in total. The fourth-order valence-electron chi connectivity index (χ4n) is 2.63. The smallest absolute Gasteiger partial charge is 0.425 e. The summed E-state index contributed by atoms with van der Waals surface area (Å²) in [6.45, 7) is 0.775. The van der Waals surface area contributed by atoms with Crippen molar-refractivity contribution in [3.63, 3.8) is 0 Å². The van der Waals surface area contributed by atoms with Gasteiger partial charge in [-0.05, 0) is 37.1 Å². The molecule has 3 aromatic rings. The van der Waals surface area contributed by atoms with Gasteiger partial charge in [-0.15, -0.1) is 0 Å². The molecule has 166 valence electrons. The minimum atomic E-state index is -4.67. The van der Waals surface area contributed by atoms with Gasteiger partial charge in [-0.25, -0.2) is 23.0 Å². The molecule has 2 aromatic carbocycles. The first-order valence-corrected chi connectivity index (χ1v) is 10.8. The van der Waals surface area contributed by atoms with Gasteiger partial charge in [0.2, 0.25) is 0 Å². The summed E-state index contributed by atoms with van der Waals surface area (Å²) in [4.78, 5) is 7.90. The number of halogens is 5. The third kappa shape index (κ3) is 5.51. The maximum atomic E-state index is 14.8. The number of hydrogen-bond donors (Lipinski definition) is 2. The van der Waals surface area contributed by atoms with Crippen molar-refractivity contribution in [1.29, 1.82) is 0 Å². The van der Waals surface area contributed by atoms with Gasteiger partial charge >= 0.3 is 6.18 Å². The molecule has 0 saturated carbocycles. The van der Waals surface area contributed by atoms with Crippen molar-refractivity contribution in [2.24, 2.45) is 0 Å². The van der Waals surface area contributed by atoms with Crippen molar-refractivity contribution in [3.05, 3.63) is 48.3 Å². The van der Waals surface area contributed by atoms with E-state index in [9.17, 15) is 26.2 Å². The second kappa shape index (κ2) is 8.17. The van der Waals surface area contributed by atoms with Gasteiger partial charge in [0.1, 0.15) is 29.5 Å². The number of nitrogens with zero attached hydrogens (tertiary/aromatic N) is 2. The van der Waals surface area contributed by atoms with Gasteiger partial charge in [-0.3, -0.25) is 0 Å². The van der Waals surface area contributed by atoms with E-state index in [2.05, 4.69) is 25.9 Å². The molecule has 0 bridgehead atoms. The SMILES string of the molecule is C=S(C)(=O)Nc1cc(F)c2c(Nc3ccc(F)cc3OC(C)C(F)(F)F)ncnc2c1. The fourth-order valence-corrected chi connectivity index (χ4v) is 3.24. The van der Waals surface area contributed by atoms with E-state index in [-0.39, 0.29) is 28.1 Å². The van der Waals surface area contributed by atoms with Gasteiger partial charge in [-0.1, -0.05) is 0 Å². The summed E-state index contributed by atoms with van der Waals surface area (Å²) in [7, 11) is -2.67. The molecule has 2 unspecified atom stereocenters. The largest absolute Gasteiger partial charge is 0.479 e. The van der Waals surface area contributed by atoms with E-state index >= 15 is 0 Å². The minimum Gasteiger partial charge on any atom is -0.479 e. The van der Waals surface area contributed by atoms with Crippen LogP contribution in [0.25, 0.3) is 10.9 Å². The Morgan fingerprint density at radius 2 is 1.87 bits per heavy atom. The van der Waals surface area contributed by atoms with Crippen LogP contribution in [0.1, 0.15) is 6.92 Å². The molecule has 0 fully saturated rings. The summed E-state index contributed by atoms with van der Waals surface area (Å²) in [5, 5.41) is 2.58. The van der Waals surface area contributed by atoms with E-state index in [1.165, 1.54) is 12.3 Å². The first-order valence-electron chi connectivity index (χ1n) is 8.67. The molecule has 12 heteroatoms. The molecule has 2 N–H and O–H groups in total. The maximum absolute atomic E-state index is 14.8. The van der Waals surface area contributed by atoms with Crippen molar-refractivity contribution >= 4 is 43.7 Å². The van der Waals surface area contributed by atoms with Crippen LogP contribution >= 0.6 is 0 Å². The molecule has 1 heterocycles. The fraction of sp³-hybridized carbons (Fsp3) is 0.211. The van der Waals surface area contributed by atoms with E-state index in [0.29, 0.717) is 0 Å².